The fraction of sp³-hybridized carbons (Fsp3) is 0.941. The number of likely N-dealkylation sites (tertiary alicyclic amines) is 1. The highest BCUT2D eigenvalue weighted by atomic mass is 16.5. The summed E-state index contributed by atoms with van der Waals surface area (Å²) in [5, 5.41) is 0. The van der Waals surface area contributed by atoms with E-state index in [1.807, 2.05) is 6.92 Å². The molecular formula is C17H29NO3. The number of esters is 1. The maximum Gasteiger partial charge on any atom is 0.310 e. The number of nitrogens with zero attached hydrogens (tertiary/aromatic N) is 1. The summed E-state index contributed by atoms with van der Waals surface area (Å²) in [6.07, 6.45) is 9.50. The first-order valence-corrected chi connectivity index (χ1v) is 8.77. The van der Waals surface area contributed by atoms with Crippen molar-refractivity contribution in [3.8, 4) is 0 Å². The van der Waals surface area contributed by atoms with Gasteiger partial charge in [-0.1, -0.05) is 12.8 Å². The third-order valence-electron chi connectivity index (χ3n) is 5.57. The molecule has 2 atom stereocenters. The van der Waals surface area contributed by atoms with Crippen molar-refractivity contribution in [2.75, 3.05) is 26.3 Å². The van der Waals surface area contributed by atoms with Crippen molar-refractivity contribution in [2.45, 2.75) is 69.9 Å². The second-order valence-electron chi connectivity index (χ2n) is 6.97. The van der Waals surface area contributed by atoms with E-state index in [1.54, 1.807) is 0 Å². The third-order valence-corrected chi connectivity index (χ3v) is 5.57. The lowest BCUT2D eigenvalue weighted by Gasteiger charge is -2.45. The van der Waals surface area contributed by atoms with E-state index in [4.69, 9.17) is 9.47 Å². The van der Waals surface area contributed by atoms with E-state index in [1.165, 1.54) is 32.1 Å². The van der Waals surface area contributed by atoms with Gasteiger partial charge < -0.3 is 9.47 Å². The number of hydrogen-bond acceptors (Lipinski definition) is 4. The molecule has 0 aromatic carbocycles. The molecule has 21 heavy (non-hydrogen) atoms. The minimum Gasteiger partial charge on any atom is -0.466 e. The second kappa shape index (κ2) is 6.66. The predicted octanol–water partition coefficient (Wildman–Crippen LogP) is 2.75. The maximum absolute atomic E-state index is 12.0. The summed E-state index contributed by atoms with van der Waals surface area (Å²) in [6.45, 7) is 5.30. The van der Waals surface area contributed by atoms with Crippen molar-refractivity contribution in [1.29, 1.82) is 0 Å². The van der Waals surface area contributed by atoms with E-state index in [-0.39, 0.29) is 17.5 Å². The van der Waals surface area contributed by atoms with Crippen molar-refractivity contribution in [3.05, 3.63) is 0 Å². The van der Waals surface area contributed by atoms with Crippen LogP contribution < -0.4 is 0 Å². The van der Waals surface area contributed by atoms with Gasteiger partial charge in [0, 0.05) is 19.2 Å². The molecule has 3 rings (SSSR count). The standard InChI is InChI=1S/C17H29NO3/c1-2-20-16(19)14-6-5-10-18(13-14)15-7-11-21-17(12-15)8-3-4-9-17/h14-15H,2-13H2,1H3/t14-,15?/m0/s1. The highest BCUT2D eigenvalue weighted by Crippen LogP contribution is 2.41. The molecular weight excluding hydrogens is 266 g/mol. The Balaban J connectivity index is 1.59. The first-order valence-electron chi connectivity index (χ1n) is 8.77. The second-order valence-corrected chi connectivity index (χ2v) is 6.97. The number of piperidine rings is 1. The van der Waals surface area contributed by atoms with Gasteiger partial charge in [-0.2, -0.15) is 0 Å². The molecule has 0 amide bonds. The molecule has 1 spiro atoms. The molecule has 1 saturated carbocycles. The fourth-order valence-corrected chi connectivity index (χ4v) is 4.47. The Bertz CT molecular complexity index is 365. The van der Waals surface area contributed by atoms with Gasteiger partial charge >= 0.3 is 5.97 Å². The molecule has 120 valence electrons. The summed E-state index contributed by atoms with van der Waals surface area (Å²) in [6, 6.07) is 0.606. The molecule has 0 N–H and O–H groups in total. The van der Waals surface area contributed by atoms with E-state index in [0.717, 1.165) is 39.0 Å². The van der Waals surface area contributed by atoms with E-state index in [0.29, 0.717) is 12.6 Å². The van der Waals surface area contributed by atoms with Crippen LogP contribution in [-0.4, -0.2) is 48.8 Å². The van der Waals surface area contributed by atoms with Crippen LogP contribution in [0.3, 0.4) is 0 Å². The molecule has 3 aliphatic rings. The highest BCUT2D eigenvalue weighted by molar-refractivity contribution is 5.72. The monoisotopic (exact) mass is 295 g/mol. The molecule has 0 radical (unpaired) electrons. The van der Waals surface area contributed by atoms with Crippen LogP contribution in [0.1, 0.15) is 58.3 Å². The SMILES string of the molecule is CCOC(=O)[C@H]1CCCN(C2CCOC3(CCCC3)C2)C1. The summed E-state index contributed by atoms with van der Waals surface area (Å²) in [5.41, 5.74) is 0.166. The van der Waals surface area contributed by atoms with Gasteiger partial charge in [0.05, 0.1) is 18.1 Å². The molecule has 4 nitrogen and oxygen atoms in total. The van der Waals surface area contributed by atoms with Crippen molar-refractivity contribution in [1.82, 2.24) is 4.90 Å². The Morgan fingerprint density at radius 1 is 1.29 bits per heavy atom. The first kappa shape index (κ1) is 15.3. The molecule has 2 aliphatic heterocycles. The van der Waals surface area contributed by atoms with Gasteiger partial charge in [-0.05, 0) is 52.0 Å². The van der Waals surface area contributed by atoms with Gasteiger partial charge in [0.1, 0.15) is 0 Å². The topological polar surface area (TPSA) is 38.8 Å². The Labute approximate surface area is 128 Å². The molecule has 1 unspecified atom stereocenters. The van der Waals surface area contributed by atoms with Crippen LogP contribution in [0.4, 0.5) is 0 Å². The Kier molecular flexibility index (Phi) is 4.85. The van der Waals surface area contributed by atoms with Crippen molar-refractivity contribution in [3.63, 3.8) is 0 Å². The van der Waals surface area contributed by atoms with E-state index < -0.39 is 0 Å². The molecule has 0 aromatic heterocycles. The van der Waals surface area contributed by atoms with Crippen LogP contribution in [0.2, 0.25) is 0 Å². The van der Waals surface area contributed by atoms with Crippen LogP contribution in [0.15, 0.2) is 0 Å². The Morgan fingerprint density at radius 2 is 2.10 bits per heavy atom. The van der Waals surface area contributed by atoms with Crippen LogP contribution >= 0.6 is 0 Å². The zero-order chi connectivity index (χ0) is 14.7. The summed E-state index contributed by atoms with van der Waals surface area (Å²) in [4.78, 5) is 14.6. The lowest BCUT2D eigenvalue weighted by atomic mass is 9.86. The zero-order valence-electron chi connectivity index (χ0n) is 13.3. The van der Waals surface area contributed by atoms with Crippen LogP contribution in [0.25, 0.3) is 0 Å². The Morgan fingerprint density at radius 3 is 2.86 bits per heavy atom. The Hall–Kier alpha value is -0.610. The number of carbonyl (C=O) groups is 1. The maximum atomic E-state index is 12.0. The van der Waals surface area contributed by atoms with Crippen molar-refractivity contribution >= 4 is 5.97 Å². The lowest BCUT2D eigenvalue weighted by molar-refractivity contribution is -0.151. The predicted molar refractivity (Wildman–Crippen MR) is 81.1 cm³/mol. The fourth-order valence-electron chi connectivity index (χ4n) is 4.47. The van der Waals surface area contributed by atoms with Gasteiger partial charge in [-0.25, -0.2) is 0 Å². The molecule has 3 fully saturated rings. The molecule has 2 saturated heterocycles. The minimum atomic E-state index is 0.00448. The number of carbonyl (C=O) groups excluding carboxylic acids is 1. The van der Waals surface area contributed by atoms with Gasteiger partial charge in [-0.15, -0.1) is 0 Å². The number of ether oxygens (including phenoxy) is 2. The molecule has 4 heteroatoms. The molecule has 2 heterocycles. The van der Waals surface area contributed by atoms with Gasteiger partial charge in [0.25, 0.3) is 0 Å². The van der Waals surface area contributed by atoms with Gasteiger partial charge in [0.15, 0.2) is 0 Å². The highest BCUT2D eigenvalue weighted by Gasteiger charge is 2.42. The molecule has 1 aliphatic carbocycles. The van der Waals surface area contributed by atoms with Gasteiger partial charge in [0.2, 0.25) is 0 Å². The largest absolute Gasteiger partial charge is 0.466 e. The number of rotatable bonds is 3. The third kappa shape index (κ3) is 3.42. The van der Waals surface area contributed by atoms with E-state index in [2.05, 4.69) is 4.90 Å². The summed E-state index contributed by atoms with van der Waals surface area (Å²) < 4.78 is 11.4. The lowest BCUT2D eigenvalue weighted by Crippen LogP contribution is -2.51. The average Bonchev–Trinajstić information content (AvgIpc) is 2.95. The van der Waals surface area contributed by atoms with Gasteiger partial charge in [-0.3, -0.25) is 9.69 Å². The van der Waals surface area contributed by atoms with Crippen LogP contribution in [-0.2, 0) is 14.3 Å². The van der Waals surface area contributed by atoms with Crippen molar-refractivity contribution < 1.29 is 14.3 Å². The van der Waals surface area contributed by atoms with Crippen LogP contribution in [0.5, 0.6) is 0 Å². The zero-order valence-corrected chi connectivity index (χ0v) is 13.3. The quantitative estimate of drug-likeness (QED) is 0.751. The van der Waals surface area contributed by atoms with Crippen molar-refractivity contribution in [2.24, 2.45) is 5.92 Å². The van der Waals surface area contributed by atoms with E-state index in [9.17, 15) is 4.79 Å². The smallest absolute Gasteiger partial charge is 0.310 e. The summed E-state index contributed by atoms with van der Waals surface area (Å²) >= 11 is 0. The minimum absolute atomic E-state index is 0.00448. The normalized spacial score (nSPS) is 33.2. The van der Waals surface area contributed by atoms with E-state index >= 15 is 0 Å². The molecule has 0 aromatic rings. The van der Waals surface area contributed by atoms with Crippen LogP contribution in [0, 0.1) is 5.92 Å². The number of hydrogen-bond donors (Lipinski definition) is 0. The molecule has 0 bridgehead atoms. The first-order chi connectivity index (χ1) is 10.2. The summed E-state index contributed by atoms with van der Waals surface area (Å²) in [7, 11) is 0. The summed E-state index contributed by atoms with van der Waals surface area (Å²) in [5.74, 6) is 0.0888. The average molecular weight is 295 g/mol.